The molecule has 106 valence electrons. The maximum Gasteiger partial charge on any atom is 0.304 e. The van der Waals surface area contributed by atoms with Crippen LogP contribution in [0.2, 0.25) is 5.02 Å². The van der Waals surface area contributed by atoms with Crippen LogP contribution >= 0.6 is 23.4 Å². The lowest BCUT2D eigenvalue weighted by Crippen LogP contribution is -2.43. The van der Waals surface area contributed by atoms with E-state index in [0.29, 0.717) is 17.1 Å². The summed E-state index contributed by atoms with van der Waals surface area (Å²) < 4.78 is 0. The van der Waals surface area contributed by atoms with Gasteiger partial charge in [0, 0.05) is 35.7 Å². The number of hydrogen-bond donors (Lipinski definition) is 1. The van der Waals surface area contributed by atoms with Gasteiger partial charge in [-0.1, -0.05) is 17.7 Å². The SMILES string of the molecule is N#Cc1ccc(CN2CCSCC2CC(=O)O)c(Cl)c1. The third kappa shape index (κ3) is 3.89. The second-order valence-electron chi connectivity index (χ2n) is 4.72. The van der Waals surface area contributed by atoms with Crippen molar-refractivity contribution in [2.24, 2.45) is 0 Å². The minimum absolute atomic E-state index is 0.0398. The molecule has 1 unspecified atom stereocenters. The highest BCUT2D eigenvalue weighted by atomic mass is 35.5. The van der Waals surface area contributed by atoms with Crippen molar-refractivity contribution >= 4 is 29.3 Å². The first-order valence-electron chi connectivity index (χ1n) is 6.32. The molecule has 1 fully saturated rings. The molecule has 0 aromatic heterocycles. The molecule has 1 aliphatic rings. The molecule has 2 rings (SSSR count). The number of rotatable bonds is 4. The van der Waals surface area contributed by atoms with E-state index in [4.69, 9.17) is 22.0 Å². The van der Waals surface area contributed by atoms with E-state index in [-0.39, 0.29) is 12.5 Å². The lowest BCUT2D eigenvalue weighted by atomic mass is 10.1. The molecule has 6 heteroatoms. The lowest BCUT2D eigenvalue weighted by molar-refractivity contribution is -0.138. The Balaban J connectivity index is 2.10. The molecule has 0 saturated carbocycles. The van der Waals surface area contributed by atoms with Crippen LogP contribution in [-0.2, 0) is 11.3 Å². The van der Waals surface area contributed by atoms with Crippen LogP contribution in [0.5, 0.6) is 0 Å². The molecule has 0 spiro atoms. The van der Waals surface area contributed by atoms with Crippen molar-refractivity contribution in [3.8, 4) is 6.07 Å². The van der Waals surface area contributed by atoms with Gasteiger partial charge in [-0.2, -0.15) is 17.0 Å². The summed E-state index contributed by atoms with van der Waals surface area (Å²) in [6.45, 7) is 1.49. The van der Waals surface area contributed by atoms with E-state index in [2.05, 4.69) is 11.0 Å². The molecular formula is C14H15ClN2O2S. The van der Waals surface area contributed by atoms with E-state index in [1.54, 1.807) is 23.9 Å². The summed E-state index contributed by atoms with van der Waals surface area (Å²) in [5.41, 5.74) is 1.47. The highest BCUT2D eigenvalue weighted by Crippen LogP contribution is 2.25. The van der Waals surface area contributed by atoms with E-state index in [1.807, 2.05) is 6.07 Å². The summed E-state index contributed by atoms with van der Waals surface area (Å²) in [6, 6.07) is 7.34. The molecule has 1 aromatic rings. The van der Waals surface area contributed by atoms with E-state index in [9.17, 15) is 4.79 Å². The summed E-state index contributed by atoms with van der Waals surface area (Å²) in [4.78, 5) is 13.1. The standard InChI is InChI=1S/C14H15ClN2O2S/c15-13-5-10(7-16)1-2-11(13)8-17-3-4-20-9-12(17)6-14(18)19/h1-2,5,12H,3-4,6,8-9H2,(H,18,19). The number of hydrogen-bond acceptors (Lipinski definition) is 4. The van der Waals surface area contributed by atoms with Gasteiger partial charge in [0.1, 0.15) is 0 Å². The second-order valence-corrected chi connectivity index (χ2v) is 6.27. The fourth-order valence-electron chi connectivity index (χ4n) is 2.25. The first kappa shape index (κ1) is 15.2. The molecule has 1 aromatic carbocycles. The average molecular weight is 311 g/mol. The highest BCUT2D eigenvalue weighted by molar-refractivity contribution is 7.99. The zero-order valence-electron chi connectivity index (χ0n) is 10.9. The van der Waals surface area contributed by atoms with Gasteiger partial charge in [0.05, 0.1) is 18.1 Å². The van der Waals surface area contributed by atoms with Crippen LogP contribution in [0.4, 0.5) is 0 Å². The molecular weight excluding hydrogens is 296 g/mol. The average Bonchev–Trinajstić information content (AvgIpc) is 2.42. The number of nitriles is 1. The van der Waals surface area contributed by atoms with E-state index < -0.39 is 5.97 Å². The van der Waals surface area contributed by atoms with Crippen LogP contribution in [0, 0.1) is 11.3 Å². The molecule has 1 heterocycles. The molecule has 0 aliphatic carbocycles. The summed E-state index contributed by atoms with van der Waals surface area (Å²) in [5, 5.41) is 18.4. The number of carboxylic acid groups (broad SMARTS) is 1. The molecule has 1 aliphatic heterocycles. The Labute approximate surface area is 127 Å². The van der Waals surface area contributed by atoms with Crippen molar-refractivity contribution < 1.29 is 9.90 Å². The largest absolute Gasteiger partial charge is 0.481 e. The van der Waals surface area contributed by atoms with Gasteiger partial charge < -0.3 is 5.11 Å². The van der Waals surface area contributed by atoms with Gasteiger partial charge in [-0.15, -0.1) is 0 Å². The first-order chi connectivity index (χ1) is 9.60. The molecule has 0 bridgehead atoms. The first-order valence-corrected chi connectivity index (χ1v) is 7.85. The predicted molar refractivity (Wildman–Crippen MR) is 79.9 cm³/mol. The fraction of sp³-hybridized carbons (Fsp3) is 0.429. The highest BCUT2D eigenvalue weighted by Gasteiger charge is 2.25. The van der Waals surface area contributed by atoms with E-state index >= 15 is 0 Å². The van der Waals surface area contributed by atoms with Crippen LogP contribution in [-0.4, -0.2) is 40.1 Å². The zero-order valence-corrected chi connectivity index (χ0v) is 12.5. The Morgan fingerprint density at radius 2 is 2.40 bits per heavy atom. The number of thioether (sulfide) groups is 1. The Kier molecular flexibility index (Phi) is 5.30. The van der Waals surface area contributed by atoms with Gasteiger partial charge in [0.25, 0.3) is 0 Å². The van der Waals surface area contributed by atoms with Crippen LogP contribution < -0.4 is 0 Å². The van der Waals surface area contributed by atoms with Crippen molar-refractivity contribution in [3.05, 3.63) is 34.3 Å². The Morgan fingerprint density at radius 3 is 3.05 bits per heavy atom. The minimum Gasteiger partial charge on any atom is -0.481 e. The van der Waals surface area contributed by atoms with E-state index in [1.165, 1.54) is 0 Å². The van der Waals surface area contributed by atoms with Gasteiger partial charge in [-0.3, -0.25) is 9.69 Å². The minimum atomic E-state index is -0.770. The summed E-state index contributed by atoms with van der Waals surface area (Å²) in [6.07, 6.45) is 0.154. The molecule has 4 nitrogen and oxygen atoms in total. The molecule has 0 amide bonds. The van der Waals surface area contributed by atoms with Crippen molar-refractivity contribution in [3.63, 3.8) is 0 Å². The van der Waals surface area contributed by atoms with Crippen molar-refractivity contribution in [1.29, 1.82) is 5.26 Å². The van der Waals surface area contributed by atoms with Crippen molar-refractivity contribution in [2.45, 2.75) is 19.0 Å². The normalized spacial score (nSPS) is 19.5. The summed E-state index contributed by atoms with van der Waals surface area (Å²) in [5.74, 6) is 1.07. The van der Waals surface area contributed by atoms with Gasteiger partial charge in [-0.25, -0.2) is 0 Å². The summed E-state index contributed by atoms with van der Waals surface area (Å²) >= 11 is 7.97. The summed E-state index contributed by atoms with van der Waals surface area (Å²) in [7, 11) is 0. The molecule has 0 radical (unpaired) electrons. The monoisotopic (exact) mass is 310 g/mol. The molecule has 1 atom stereocenters. The van der Waals surface area contributed by atoms with Crippen LogP contribution in [0.15, 0.2) is 18.2 Å². The third-order valence-corrected chi connectivity index (χ3v) is 4.76. The van der Waals surface area contributed by atoms with Crippen LogP contribution in [0.25, 0.3) is 0 Å². The maximum absolute atomic E-state index is 10.9. The van der Waals surface area contributed by atoms with Crippen LogP contribution in [0.3, 0.4) is 0 Å². The van der Waals surface area contributed by atoms with Gasteiger partial charge in [-0.05, 0) is 17.7 Å². The zero-order chi connectivity index (χ0) is 14.5. The number of aliphatic carboxylic acids is 1. The van der Waals surface area contributed by atoms with Gasteiger partial charge >= 0.3 is 5.97 Å². The van der Waals surface area contributed by atoms with Gasteiger partial charge in [0.15, 0.2) is 0 Å². The Morgan fingerprint density at radius 1 is 1.60 bits per heavy atom. The maximum atomic E-state index is 10.9. The predicted octanol–water partition coefficient (Wildman–Crippen LogP) is 2.60. The Bertz CT molecular complexity index is 544. The quantitative estimate of drug-likeness (QED) is 0.926. The number of carbonyl (C=O) groups is 1. The van der Waals surface area contributed by atoms with Crippen molar-refractivity contribution in [1.82, 2.24) is 4.90 Å². The molecule has 1 saturated heterocycles. The number of benzene rings is 1. The lowest BCUT2D eigenvalue weighted by Gasteiger charge is -2.34. The smallest absolute Gasteiger partial charge is 0.304 e. The van der Waals surface area contributed by atoms with Crippen LogP contribution in [0.1, 0.15) is 17.5 Å². The number of carboxylic acids is 1. The molecule has 20 heavy (non-hydrogen) atoms. The Hall–Kier alpha value is -1.22. The van der Waals surface area contributed by atoms with E-state index in [0.717, 1.165) is 23.6 Å². The second kappa shape index (κ2) is 6.98. The van der Waals surface area contributed by atoms with Crippen molar-refractivity contribution in [2.75, 3.05) is 18.1 Å². The fourth-order valence-corrected chi connectivity index (χ4v) is 3.62. The van der Waals surface area contributed by atoms with Gasteiger partial charge in [0.2, 0.25) is 0 Å². The topological polar surface area (TPSA) is 64.3 Å². The number of halogens is 1. The third-order valence-electron chi connectivity index (χ3n) is 3.32. The molecule has 1 N–H and O–H groups in total. The number of nitrogens with zero attached hydrogens (tertiary/aromatic N) is 2.